The van der Waals surface area contributed by atoms with E-state index in [0.29, 0.717) is 12.8 Å². The minimum Gasteiger partial charge on any atom is -0.805 e. The number of carbonyl (C=O) groups excluding carboxylic acids is 1. The molecule has 0 saturated carbocycles. The van der Waals surface area contributed by atoms with Crippen LogP contribution in [-0.2, 0) is 9.36 Å². The minimum absolute atomic E-state index is 0. The second-order valence-electron chi connectivity index (χ2n) is 1.99. The Hall–Kier alpha value is 1.82. The van der Waals surface area contributed by atoms with E-state index in [1.165, 1.54) is 0 Å². The minimum atomic E-state index is -4.93. The van der Waals surface area contributed by atoms with Crippen LogP contribution in [0.3, 0.4) is 0 Å². The van der Waals surface area contributed by atoms with Crippen molar-refractivity contribution >= 4 is 13.1 Å². The maximum atomic E-state index is 10.3. The topological polar surface area (TPSA) is 80.3 Å². The summed E-state index contributed by atoms with van der Waals surface area (Å²) in [5, 5.41) is 0. The van der Waals surface area contributed by atoms with Crippen LogP contribution in [0.15, 0.2) is 0 Å². The van der Waals surface area contributed by atoms with Crippen molar-refractivity contribution in [2.24, 2.45) is 0 Å². The first-order chi connectivity index (χ1) is 4.48. The number of unbranched alkanes of at least 4 members (excludes halogenated alkanes) is 1. The van der Waals surface area contributed by atoms with Crippen LogP contribution >= 0.6 is 7.60 Å². The molecule has 4 nitrogen and oxygen atoms in total. The molecule has 0 aliphatic carbocycles. The van der Waals surface area contributed by atoms with Crippen LogP contribution in [0.4, 0.5) is 0 Å². The fourth-order valence-electron chi connectivity index (χ4n) is 0.465. The zero-order valence-corrected chi connectivity index (χ0v) is 12.6. The van der Waals surface area contributed by atoms with E-state index in [1.54, 1.807) is 0 Å². The van der Waals surface area contributed by atoms with Crippen LogP contribution in [0, 0.1) is 0 Å². The third-order valence-electron chi connectivity index (χ3n) is 1.05. The van der Waals surface area contributed by atoms with Crippen molar-refractivity contribution in [3.05, 3.63) is 0 Å². The summed E-state index contributed by atoms with van der Waals surface area (Å²) in [4.78, 5) is 30.3. The van der Waals surface area contributed by atoms with Crippen molar-refractivity contribution in [3.8, 4) is 0 Å². The largest absolute Gasteiger partial charge is 1.00 e. The summed E-state index contributed by atoms with van der Waals surface area (Å²) in [5.41, 5.74) is -1.17. The summed E-state index contributed by atoms with van der Waals surface area (Å²) in [6.45, 7) is 1.81. The smallest absolute Gasteiger partial charge is 0.805 e. The molecule has 0 rings (SSSR count). The molecule has 0 fully saturated rings. The van der Waals surface area contributed by atoms with Gasteiger partial charge < -0.3 is 14.4 Å². The molecule has 0 atom stereocenters. The van der Waals surface area contributed by atoms with Gasteiger partial charge in [0.25, 0.3) is 0 Å². The third-order valence-corrected chi connectivity index (χ3v) is 1.88. The van der Waals surface area contributed by atoms with Crippen LogP contribution in [-0.4, -0.2) is 5.52 Å². The average molecular weight is 210 g/mol. The quantitative estimate of drug-likeness (QED) is 0.341. The molecule has 0 radical (unpaired) electrons. The van der Waals surface area contributed by atoms with Crippen molar-refractivity contribution in [1.29, 1.82) is 0 Å². The summed E-state index contributed by atoms with van der Waals surface area (Å²) < 4.78 is 9.96. The molecular weight excluding hydrogens is 201 g/mol. The third kappa shape index (κ3) is 9.90. The first-order valence-corrected chi connectivity index (χ1v) is 4.58. The molecule has 7 heteroatoms. The van der Waals surface area contributed by atoms with Gasteiger partial charge in [-0.05, 0) is 6.42 Å². The standard InChI is InChI=1S/C5H11O4P.2Na/c1-2-3-4-5(6)10(7,8)9;;/h2-4H2,1H3,(H2,7,8,9);;/q;2*+1/p-2. The normalized spacial score (nSPS) is 9.58. The van der Waals surface area contributed by atoms with Gasteiger partial charge in [0, 0.05) is 14.0 Å². The summed E-state index contributed by atoms with van der Waals surface area (Å²) in [6, 6.07) is 0. The molecule has 0 aromatic rings. The van der Waals surface area contributed by atoms with Gasteiger partial charge in [-0.2, -0.15) is 0 Å². The molecule has 0 aliphatic rings. The molecule has 0 N–H and O–H groups in total. The van der Waals surface area contributed by atoms with Gasteiger partial charge in [-0.15, -0.1) is 0 Å². The van der Waals surface area contributed by atoms with Crippen LogP contribution in [0.5, 0.6) is 0 Å². The Balaban J connectivity index is -0.000000405. The molecule has 0 unspecified atom stereocenters. The molecule has 0 spiro atoms. The van der Waals surface area contributed by atoms with Gasteiger partial charge in [0.05, 0.1) is 0 Å². The van der Waals surface area contributed by atoms with Gasteiger partial charge in [-0.3, -0.25) is 4.79 Å². The summed E-state index contributed by atoms with van der Waals surface area (Å²) in [7, 11) is -4.93. The van der Waals surface area contributed by atoms with Crippen molar-refractivity contribution in [2.45, 2.75) is 26.2 Å². The Morgan fingerprint density at radius 3 is 2.00 bits per heavy atom. The fourth-order valence-corrected chi connectivity index (χ4v) is 0.897. The van der Waals surface area contributed by atoms with E-state index in [2.05, 4.69) is 0 Å². The fraction of sp³-hybridized carbons (Fsp3) is 0.800. The predicted octanol–water partition coefficient (Wildman–Crippen LogP) is -6.38. The zero-order valence-electron chi connectivity index (χ0n) is 7.70. The Morgan fingerprint density at radius 2 is 1.75 bits per heavy atom. The Bertz CT molecular complexity index is 167. The van der Waals surface area contributed by atoms with Gasteiger partial charge in [0.2, 0.25) is 0 Å². The molecule has 0 aliphatic heterocycles. The maximum Gasteiger partial charge on any atom is 1.00 e. The van der Waals surface area contributed by atoms with Crippen molar-refractivity contribution in [1.82, 2.24) is 0 Å². The van der Waals surface area contributed by atoms with Crippen molar-refractivity contribution in [3.63, 3.8) is 0 Å². The van der Waals surface area contributed by atoms with Crippen molar-refractivity contribution in [2.75, 3.05) is 0 Å². The number of hydrogen-bond acceptors (Lipinski definition) is 4. The second kappa shape index (κ2) is 9.38. The van der Waals surface area contributed by atoms with Crippen LogP contribution < -0.4 is 68.9 Å². The molecule has 0 aromatic heterocycles. The SMILES string of the molecule is CCCCC(=O)P(=O)([O-])[O-].[Na+].[Na+]. The van der Waals surface area contributed by atoms with Crippen LogP contribution in [0.25, 0.3) is 0 Å². The van der Waals surface area contributed by atoms with E-state index in [1.807, 2.05) is 6.92 Å². The summed E-state index contributed by atoms with van der Waals surface area (Å²) in [5.74, 6) is 0. The summed E-state index contributed by atoms with van der Waals surface area (Å²) >= 11 is 0. The molecule has 60 valence electrons. The van der Waals surface area contributed by atoms with E-state index < -0.39 is 13.1 Å². The van der Waals surface area contributed by atoms with Gasteiger partial charge in [-0.25, -0.2) is 0 Å². The second-order valence-corrected chi connectivity index (χ2v) is 3.49. The van der Waals surface area contributed by atoms with Gasteiger partial charge >= 0.3 is 59.1 Å². The number of rotatable bonds is 4. The van der Waals surface area contributed by atoms with E-state index >= 15 is 0 Å². The molecule has 12 heavy (non-hydrogen) atoms. The number of hydrogen-bond donors (Lipinski definition) is 0. The van der Waals surface area contributed by atoms with E-state index in [9.17, 15) is 19.1 Å². The predicted molar refractivity (Wildman–Crippen MR) is 32.1 cm³/mol. The molecule has 0 saturated heterocycles. The van der Waals surface area contributed by atoms with Gasteiger partial charge in [-0.1, -0.05) is 13.3 Å². The van der Waals surface area contributed by atoms with Gasteiger partial charge in [0.1, 0.15) is 0 Å². The van der Waals surface area contributed by atoms with Crippen molar-refractivity contribution < 1.29 is 78.3 Å². The van der Waals surface area contributed by atoms with Crippen LogP contribution in [0.1, 0.15) is 26.2 Å². The molecular formula is C5H9Na2O4P. The van der Waals surface area contributed by atoms with E-state index in [0.717, 1.165) is 0 Å². The first-order valence-electron chi connectivity index (χ1n) is 3.04. The van der Waals surface area contributed by atoms with E-state index in [4.69, 9.17) is 0 Å². The van der Waals surface area contributed by atoms with Gasteiger partial charge in [0.15, 0.2) is 5.52 Å². The molecule has 0 aromatic carbocycles. The maximum absolute atomic E-state index is 10.3. The number of carbonyl (C=O) groups is 1. The molecule has 0 heterocycles. The molecule has 0 bridgehead atoms. The monoisotopic (exact) mass is 210 g/mol. The van der Waals surface area contributed by atoms with E-state index in [-0.39, 0.29) is 65.5 Å². The first kappa shape index (κ1) is 19.4. The average Bonchev–Trinajstić information content (AvgIpc) is 1.80. The Morgan fingerprint density at radius 1 is 1.33 bits per heavy atom. The molecule has 0 amide bonds. The zero-order chi connectivity index (χ0) is 8.20. The Kier molecular flexibility index (Phi) is 15.2. The van der Waals surface area contributed by atoms with Crippen LogP contribution in [0.2, 0.25) is 0 Å². The summed E-state index contributed by atoms with van der Waals surface area (Å²) in [6.07, 6.45) is 1.04. The Labute approximate surface area is 116 Å².